The van der Waals surface area contributed by atoms with Crippen molar-refractivity contribution in [3.05, 3.63) is 36.3 Å². The third kappa shape index (κ3) is 1.99. The van der Waals surface area contributed by atoms with Gasteiger partial charge in [-0.25, -0.2) is 9.97 Å². The molecule has 0 saturated heterocycles. The molecule has 3 N–H and O–H groups in total. The molecule has 1 heterocycles. The van der Waals surface area contributed by atoms with Gasteiger partial charge >= 0.3 is 5.97 Å². The van der Waals surface area contributed by atoms with Crippen LogP contribution in [0.1, 0.15) is 5.69 Å². The number of fused-ring (bicyclic) bond motifs is 1. The number of carbonyl (C=O) groups is 1. The van der Waals surface area contributed by atoms with E-state index in [9.17, 15) is 4.79 Å². The zero-order valence-corrected chi connectivity index (χ0v) is 8.50. The van der Waals surface area contributed by atoms with Crippen LogP contribution in [-0.2, 0) is 11.2 Å². The van der Waals surface area contributed by atoms with E-state index in [1.54, 1.807) is 0 Å². The van der Waals surface area contributed by atoms with Gasteiger partial charge in [0, 0.05) is 11.8 Å². The van der Waals surface area contributed by atoms with Crippen LogP contribution in [0.5, 0.6) is 0 Å². The second kappa shape index (κ2) is 4.24. The van der Waals surface area contributed by atoms with Crippen molar-refractivity contribution in [2.45, 2.75) is 12.5 Å². The van der Waals surface area contributed by atoms with Crippen LogP contribution in [0, 0.1) is 0 Å². The number of aromatic nitrogens is 2. The largest absolute Gasteiger partial charge is 0.480 e. The van der Waals surface area contributed by atoms with E-state index in [2.05, 4.69) is 9.97 Å². The molecule has 0 aliphatic carbocycles. The molecule has 2 aromatic rings. The van der Waals surface area contributed by atoms with Gasteiger partial charge in [-0.3, -0.25) is 4.79 Å². The second-order valence-electron chi connectivity index (χ2n) is 3.49. The molecule has 1 aromatic heterocycles. The van der Waals surface area contributed by atoms with Gasteiger partial charge in [-0.05, 0) is 6.07 Å². The molecule has 0 amide bonds. The Labute approximate surface area is 91.9 Å². The number of benzene rings is 1. The number of nitrogens with two attached hydrogens (primary N) is 1. The summed E-state index contributed by atoms with van der Waals surface area (Å²) in [7, 11) is 0. The number of hydrogen-bond acceptors (Lipinski definition) is 4. The number of carboxylic acid groups (broad SMARTS) is 1. The summed E-state index contributed by atoms with van der Waals surface area (Å²) in [4.78, 5) is 18.8. The van der Waals surface area contributed by atoms with E-state index in [0.29, 0.717) is 5.69 Å². The second-order valence-corrected chi connectivity index (χ2v) is 3.49. The van der Waals surface area contributed by atoms with Gasteiger partial charge in [0.05, 0.1) is 11.2 Å². The average molecular weight is 217 g/mol. The van der Waals surface area contributed by atoms with Crippen molar-refractivity contribution in [3.63, 3.8) is 0 Å². The minimum Gasteiger partial charge on any atom is -0.480 e. The van der Waals surface area contributed by atoms with Gasteiger partial charge in [0.2, 0.25) is 0 Å². The van der Waals surface area contributed by atoms with Gasteiger partial charge in [0.15, 0.2) is 0 Å². The number of nitrogens with zero attached hydrogens (tertiary/aromatic N) is 2. The Morgan fingerprint density at radius 2 is 2.12 bits per heavy atom. The van der Waals surface area contributed by atoms with Crippen molar-refractivity contribution in [3.8, 4) is 0 Å². The Hall–Kier alpha value is -2.01. The Kier molecular flexibility index (Phi) is 2.78. The number of aliphatic carboxylic acids is 1. The van der Waals surface area contributed by atoms with Crippen molar-refractivity contribution in [2.24, 2.45) is 5.73 Å². The SMILES string of the molecule is N[C@@H](Cc1ncnc2ccccc12)C(=O)O. The lowest BCUT2D eigenvalue weighted by Crippen LogP contribution is -2.32. The molecule has 0 saturated carbocycles. The molecule has 0 aliphatic rings. The van der Waals surface area contributed by atoms with E-state index >= 15 is 0 Å². The van der Waals surface area contributed by atoms with Crippen molar-refractivity contribution < 1.29 is 9.90 Å². The molecule has 5 nitrogen and oxygen atoms in total. The number of hydrogen-bond donors (Lipinski definition) is 2. The van der Waals surface area contributed by atoms with E-state index in [1.165, 1.54) is 6.33 Å². The highest BCUT2D eigenvalue weighted by atomic mass is 16.4. The van der Waals surface area contributed by atoms with Crippen molar-refractivity contribution in [1.82, 2.24) is 9.97 Å². The maximum atomic E-state index is 10.7. The summed E-state index contributed by atoms with van der Waals surface area (Å²) < 4.78 is 0. The third-order valence-corrected chi connectivity index (χ3v) is 2.36. The highest BCUT2D eigenvalue weighted by Crippen LogP contribution is 2.14. The lowest BCUT2D eigenvalue weighted by molar-refractivity contribution is -0.138. The Bertz CT molecular complexity index is 522. The van der Waals surface area contributed by atoms with Crippen molar-refractivity contribution in [2.75, 3.05) is 0 Å². The number of rotatable bonds is 3. The summed E-state index contributed by atoms with van der Waals surface area (Å²) in [5, 5.41) is 9.60. The van der Waals surface area contributed by atoms with E-state index in [0.717, 1.165) is 10.9 Å². The molecule has 0 radical (unpaired) electrons. The topological polar surface area (TPSA) is 89.1 Å². The van der Waals surface area contributed by atoms with Crippen LogP contribution < -0.4 is 5.73 Å². The summed E-state index contributed by atoms with van der Waals surface area (Å²) in [5.41, 5.74) is 6.94. The lowest BCUT2D eigenvalue weighted by Gasteiger charge is -2.07. The van der Waals surface area contributed by atoms with Crippen LogP contribution in [0.15, 0.2) is 30.6 Å². The fourth-order valence-corrected chi connectivity index (χ4v) is 1.52. The Morgan fingerprint density at radius 3 is 2.88 bits per heavy atom. The molecule has 0 fully saturated rings. The van der Waals surface area contributed by atoms with Crippen LogP contribution >= 0.6 is 0 Å². The quantitative estimate of drug-likeness (QED) is 0.785. The fourth-order valence-electron chi connectivity index (χ4n) is 1.52. The van der Waals surface area contributed by atoms with Gasteiger partial charge in [-0.1, -0.05) is 18.2 Å². The molecule has 2 rings (SSSR count). The van der Waals surface area contributed by atoms with E-state index < -0.39 is 12.0 Å². The van der Waals surface area contributed by atoms with Crippen molar-refractivity contribution in [1.29, 1.82) is 0 Å². The molecule has 16 heavy (non-hydrogen) atoms. The first kappa shape index (κ1) is 10.5. The van der Waals surface area contributed by atoms with E-state index in [4.69, 9.17) is 10.8 Å². The first-order valence-corrected chi connectivity index (χ1v) is 4.85. The minimum atomic E-state index is -1.03. The Morgan fingerprint density at radius 1 is 1.38 bits per heavy atom. The van der Waals surface area contributed by atoms with Gasteiger partial charge < -0.3 is 10.8 Å². The van der Waals surface area contributed by atoms with Crippen LogP contribution in [0.25, 0.3) is 10.9 Å². The third-order valence-electron chi connectivity index (χ3n) is 2.36. The van der Waals surface area contributed by atoms with Gasteiger partial charge in [-0.2, -0.15) is 0 Å². The zero-order valence-electron chi connectivity index (χ0n) is 8.50. The summed E-state index contributed by atoms with van der Waals surface area (Å²) in [6.45, 7) is 0. The van der Waals surface area contributed by atoms with Crippen LogP contribution in [0.2, 0.25) is 0 Å². The maximum Gasteiger partial charge on any atom is 0.320 e. The average Bonchev–Trinajstić information content (AvgIpc) is 2.29. The normalized spacial score (nSPS) is 12.6. The fraction of sp³-hybridized carbons (Fsp3) is 0.182. The number of para-hydroxylation sites is 1. The molecule has 0 spiro atoms. The molecule has 1 aromatic carbocycles. The van der Waals surface area contributed by atoms with Crippen LogP contribution in [0.4, 0.5) is 0 Å². The maximum absolute atomic E-state index is 10.7. The monoisotopic (exact) mass is 217 g/mol. The molecule has 1 atom stereocenters. The van der Waals surface area contributed by atoms with Gasteiger partial charge in [0.25, 0.3) is 0 Å². The molecule has 5 heteroatoms. The van der Waals surface area contributed by atoms with E-state index in [-0.39, 0.29) is 6.42 Å². The summed E-state index contributed by atoms with van der Waals surface area (Å²) >= 11 is 0. The minimum absolute atomic E-state index is 0.207. The first-order valence-electron chi connectivity index (χ1n) is 4.85. The molecule has 0 aliphatic heterocycles. The standard InChI is InChI=1S/C11H11N3O2/c12-8(11(15)16)5-10-7-3-1-2-4-9(7)13-6-14-10/h1-4,6,8H,5,12H2,(H,15,16)/t8-/m0/s1. The first-order chi connectivity index (χ1) is 7.68. The smallest absolute Gasteiger partial charge is 0.320 e. The summed E-state index contributed by atoms with van der Waals surface area (Å²) in [6.07, 6.45) is 1.63. The zero-order chi connectivity index (χ0) is 11.5. The predicted molar refractivity (Wildman–Crippen MR) is 58.9 cm³/mol. The highest BCUT2D eigenvalue weighted by molar-refractivity contribution is 5.81. The Balaban J connectivity index is 2.41. The van der Waals surface area contributed by atoms with Crippen LogP contribution in [0.3, 0.4) is 0 Å². The van der Waals surface area contributed by atoms with Gasteiger partial charge in [-0.15, -0.1) is 0 Å². The highest BCUT2D eigenvalue weighted by Gasteiger charge is 2.14. The molecule has 0 unspecified atom stereocenters. The molecular formula is C11H11N3O2. The van der Waals surface area contributed by atoms with E-state index in [1.807, 2.05) is 24.3 Å². The number of carboxylic acids is 1. The molecule has 82 valence electrons. The molecule has 0 bridgehead atoms. The van der Waals surface area contributed by atoms with Crippen molar-refractivity contribution >= 4 is 16.9 Å². The van der Waals surface area contributed by atoms with Gasteiger partial charge in [0.1, 0.15) is 12.4 Å². The predicted octanol–water partition coefficient (Wildman–Crippen LogP) is 0.584. The lowest BCUT2D eigenvalue weighted by atomic mass is 10.1. The summed E-state index contributed by atoms with van der Waals surface area (Å²) in [5.74, 6) is -1.03. The van der Waals surface area contributed by atoms with Crippen LogP contribution in [-0.4, -0.2) is 27.1 Å². The summed E-state index contributed by atoms with van der Waals surface area (Å²) in [6, 6.07) is 6.52. The molecular weight excluding hydrogens is 206 g/mol.